The second kappa shape index (κ2) is 10.5. The van der Waals surface area contributed by atoms with Gasteiger partial charge in [0.2, 0.25) is 5.91 Å². The number of amides is 2. The van der Waals surface area contributed by atoms with Crippen molar-refractivity contribution < 1.29 is 19.1 Å². The van der Waals surface area contributed by atoms with Gasteiger partial charge in [-0.15, -0.1) is 11.8 Å². The van der Waals surface area contributed by atoms with Crippen molar-refractivity contribution >= 4 is 35.2 Å². The van der Waals surface area contributed by atoms with Gasteiger partial charge in [-0.3, -0.25) is 9.59 Å². The first-order valence-electron chi connectivity index (χ1n) is 9.00. The number of benzene rings is 2. The van der Waals surface area contributed by atoms with Crippen molar-refractivity contribution in [2.45, 2.75) is 31.7 Å². The van der Waals surface area contributed by atoms with Gasteiger partial charge in [-0.05, 0) is 57.2 Å². The molecule has 2 amide bonds. The molecular weight excluding hydrogens is 376 g/mol. The predicted octanol–water partition coefficient (Wildman–Crippen LogP) is 3.73. The van der Waals surface area contributed by atoms with Crippen LogP contribution in [0.3, 0.4) is 0 Å². The lowest BCUT2D eigenvalue weighted by Gasteiger charge is -2.11. The van der Waals surface area contributed by atoms with Gasteiger partial charge in [0.15, 0.2) is 0 Å². The number of hydrogen-bond acceptors (Lipinski definition) is 5. The largest absolute Gasteiger partial charge is 0.462 e. The molecule has 148 valence electrons. The van der Waals surface area contributed by atoms with Crippen LogP contribution in [-0.2, 0) is 9.53 Å². The van der Waals surface area contributed by atoms with E-state index in [0.29, 0.717) is 23.4 Å². The summed E-state index contributed by atoms with van der Waals surface area (Å²) in [7, 11) is 0. The van der Waals surface area contributed by atoms with Crippen molar-refractivity contribution in [2.75, 3.05) is 17.7 Å². The number of hydrogen-bond donors (Lipinski definition) is 2. The summed E-state index contributed by atoms with van der Waals surface area (Å²) >= 11 is 1.31. The molecule has 0 heterocycles. The number of anilines is 1. The van der Waals surface area contributed by atoms with Crippen LogP contribution < -0.4 is 10.6 Å². The van der Waals surface area contributed by atoms with E-state index in [9.17, 15) is 14.4 Å². The molecule has 28 heavy (non-hydrogen) atoms. The fourth-order valence-electron chi connectivity index (χ4n) is 2.39. The highest BCUT2D eigenvalue weighted by atomic mass is 32.2. The molecule has 0 aliphatic carbocycles. The van der Waals surface area contributed by atoms with Crippen molar-refractivity contribution in [3.8, 4) is 0 Å². The quantitative estimate of drug-likeness (QED) is 0.521. The zero-order chi connectivity index (χ0) is 20.5. The summed E-state index contributed by atoms with van der Waals surface area (Å²) in [4.78, 5) is 36.9. The summed E-state index contributed by atoms with van der Waals surface area (Å²) in [5.41, 5.74) is 1.47. The molecule has 2 rings (SSSR count). The lowest BCUT2D eigenvalue weighted by Crippen LogP contribution is -2.31. The number of rotatable bonds is 8. The molecule has 0 saturated heterocycles. The monoisotopic (exact) mass is 400 g/mol. The van der Waals surface area contributed by atoms with Crippen LogP contribution in [-0.4, -0.2) is 36.2 Å². The minimum atomic E-state index is -0.401. The Morgan fingerprint density at radius 2 is 1.71 bits per heavy atom. The van der Waals surface area contributed by atoms with Crippen LogP contribution in [0, 0.1) is 0 Å². The minimum absolute atomic E-state index is 0.0734. The Morgan fingerprint density at radius 3 is 2.36 bits per heavy atom. The third-order valence-corrected chi connectivity index (χ3v) is 4.67. The van der Waals surface area contributed by atoms with Crippen LogP contribution in [0.2, 0.25) is 0 Å². The molecule has 0 saturated carbocycles. The molecule has 0 atom stereocenters. The molecule has 0 radical (unpaired) electrons. The molecule has 2 aromatic carbocycles. The number of carbonyl (C=O) groups excluding carboxylic acids is 3. The standard InChI is InChI=1S/C21H24N2O4S/c1-4-27-21(26)15-9-11-16(12-10-15)23-20(25)17-7-5-6-8-18(17)28-13-19(24)22-14(2)3/h5-12,14H,4,13H2,1-3H3,(H,22,24)(H,23,25). The Balaban J connectivity index is 2.04. The van der Waals surface area contributed by atoms with Gasteiger partial charge < -0.3 is 15.4 Å². The van der Waals surface area contributed by atoms with Gasteiger partial charge in [0.25, 0.3) is 5.91 Å². The van der Waals surface area contributed by atoms with Crippen LogP contribution in [0.1, 0.15) is 41.5 Å². The highest BCUT2D eigenvalue weighted by molar-refractivity contribution is 8.00. The lowest BCUT2D eigenvalue weighted by atomic mass is 10.2. The predicted molar refractivity (Wildman–Crippen MR) is 111 cm³/mol. The van der Waals surface area contributed by atoms with E-state index in [0.717, 1.165) is 4.90 Å². The Morgan fingerprint density at radius 1 is 1.04 bits per heavy atom. The Bertz CT molecular complexity index is 835. The van der Waals surface area contributed by atoms with Gasteiger partial charge >= 0.3 is 5.97 Å². The van der Waals surface area contributed by atoms with Crippen LogP contribution in [0.25, 0.3) is 0 Å². The molecule has 0 bridgehead atoms. The molecule has 0 fully saturated rings. The smallest absolute Gasteiger partial charge is 0.338 e. The van der Waals surface area contributed by atoms with Crippen molar-refractivity contribution in [2.24, 2.45) is 0 Å². The molecule has 7 heteroatoms. The van der Waals surface area contributed by atoms with Gasteiger partial charge in [-0.2, -0.15) is 0 Å². The Labute approximate surface area is 169 Å². The first-order valence-corrected chi connectivity index (χ1v) is 9.99. The van der Waals surface area contributed by atoms with Crippen molar-refractivity contribution in [1.29, 1.82) is 0 Å². The Hall–Kier alpha value is -2.80. The van der Waals surface area contributed by atoms with E-state index in [2.05, 4.69) is 10.6 Å². The Kier molecular flexibility index (Phi) is 8.07. The van der Waals surface area contributed by atoms with E-state index in [-0.39, 0.29) is 23.6 Å². The zero-order valence-electron chi connectivity index (χ0n) is 16.2. The summed E-state index contributed by atoms with van der Waals surface area (Å²) in [6.45, 7) is 5.85. The molecular formula is C21H24N2O4S. The third-order valence-electron chi connectivity index (χ3n) is 3.59. The number of esters is 1. The summed E-state index contributed by atoms with van der Waals surface area (Å²) < 4.78 is 4.94. The van der Waals surface area contributed by atoms with Gasteiger partial charge in [0.05, 0.1) is 23.5 Å². The first-order chi connectivity index (χ1) is 13.4. The number of carbonyl (C=O) groups is 3. The first kappa shape index (κ1) is 21.5. The third kappa shape index (κ3) is 6.42. The van der Waals surface area contributed by atoms with Gasteiger partial charge in [-0.1, -0.05) is 12.1 Å². The zero-order valence-corrected chi connectivity index (χ0v) is 17.0. The normalized spacial score (nSPS) is 10.4. The number of ether oxygens (including phenoxy) is 1. The maximum absolute atomic E-state index is 12.7. The molecule has 0 aliphatic heterocycles. The minimum Gasteiger partial charge on any atom is -0.462 e. The molecule has 0 unspecified atom stereocenters. The van der Waals surface area contributed by atoms with E-state index in [4.69, 9.17) is 4.74 Å². The topological polar surface area (TPSA) is 84.5 Å². The maximum atomic E-state index is 12.7. The summed E-state index contributed by atoms with van der Waals surface area (Å²) in [5.74, 6) is -0.528. The van der Waals surface area contributed by atoms with E-state index in [1.165, 1.54) is 11.8 Å². The van der Waals surface area contributed by atoms with Crippen molar-refractivity contribution in [1.82, 2.24) is 5.32 Å². The van der Waals surface area contributed by atoms with Gasteiger partial charge in [0, 0.05) is 16.6 Å². The van der Waals surface area contributed by atoms with Crippen LogP contribution in [0.4, 0.5) is 5.69 Å². The average Bonchev–Trinajstić information content (AvgIpc) is 2.67. The van der Waals surface area contributed by atoms with Crippen LogP contribution in [0.15, 0.2) is 53.4 Å². The van der Waals surface area contributed by atoms with E-state index < -0.39 is 5.97 Å². The van der Waals surface area contributed by atoms with E-state index >= 15 is 0 Å². The van der Waals surface area contributed by atoms with Crippen molar-refractivity contribution in [3.05, 3.63) is 59.7 Å². The molecule has 0 aliphatic rings. The van der Waals surface area contributed by atoms with Crippen molar-refractivity contribution in [3.63, 3.8) is 0 Å². The lowest BCUT2D eigenvalue weighted by molar-refractivity contribution is -0.119. The molecule has 0 aromatic heterocycles. The summed E-state index contributed by atoms with van der Waals surface area (Å²) in [6, 6.07) is 13.7. The second-order valence-corrected chi connectivity index (χ2v) is 7.28. The molecule has 2 N–H and O–H groups in total. The summed E-state index contributed by atoms with van der Waals surface area (Å²) in [5, 5.41) is 5.64. The van der Waals surface area contributed by atoms with Crippen LogP contribution in [0.5, 0.6) is 0 Å². The van der Waals surface area contributed by atoms with Gasteiger partial charge in [-0.25, -0.2) is 4.79 Å². The highest BCUT2D eigenvalue weighted by Gasteiger charge is 2.14. The van der Waals surface area contributed by atoms with Crippen LogP contribution >= 0.6 is 11.8 Å². The number of thioether (sulfide) groups is 1. The highest BCUT2D eigenvalue weighted by Crippen LogP contribution is 2.23. The fourth-order valence-corrected chi connectivity index (χ4v) is 3.25. The molecule has 0 spiro atoms. The SMILES string of the molecule is CCOC(=O)c1ccc(NC(=O)c2ccccc2SCC(=O)NC(C)C)cc1. The maximum Gasteiger partial charge on any atom is 0.338 e. The second-order valence-electron chi connectivity index (χ2n) is 6.26. The summed E-state index contributed by atoms with van der Waals surface area (Å²) in [6.07, 6.45) is 0. The molecule has 6 nitrogen and oxygen atoms in total. The number of nitrogens with one attached hydrogen (secondary N) is 2. The average molecular weight is 401 g/mol. The van der Waals surface area contributed by atoms with Gasteiger partial charge in [0.1, 0.15) is 0 Å². The van der Waals surface area contributed by atoms with E-state index in [1.807, 2.05) is 26.0 Å². The van der Waals surface area contributed by atoms with E-state index in [1.54, 1.807) is 43.3 Å². The molecule has 2 aromatic rings. The fraction of sp³-hybridized carbons (Fsp3) is 0.286.